The van der Waals surface area contributed by atoms with Gasteiger partial charge in [0.05, 0.1) is 5.52 Å². The van der Waals surface area contributed by atoms with Gasteiger partial charge < -0.3 is 9.67 Å². The van der Waals surface area contributed by atoms with E-state index in [9.17, 15) is 9.50 Å². The molecule has 0 fully saturated rings. The lowest BCUT2D eigenvalue weighted by Gasteiger charge is -2.06. The highest BCUT2D eigenvalue weighted by Crippen LogP contribution is 2.20. The maximum absolute atomic E-state index is 13.5. The Labute approximate surface area is 104 Å². The van der Waals surface area contributed by atoms with Crippen molar-refractivity contribution in [2.45, 2.75) is 6.54 Å². The molecule has 90 valence electrons. The van der Waals surface area contributed by atoms with E-state index in [-0.39, 0.29) is 11.6 Å². The minimum absolute atomic E-state index is 0.197. The Hall–Kier alpha value is -2.29. The van der Waals surface area contributed by atoms with Gasteiger partial charge in [-0.15, -0.1) is 0 Å². The van der Waals surface area contributed by atoms with Crippen LogP contribution < -0.4 is 0 Å². The molecule has 0 aliphatic heterocycles. The van der Waals surface area contributed by atoms with Crippen molar-refractivity contribution in [1.82, 2.24) is 4.57 Å². The zero-order chi connectivity index (χ0) is 12.5. The summed E-state index contributed by atoms with van der Waals surface area (Å²) in [6, 6.07) is 13.9. The lowest BCUT2D eigenvalue weighted by atomic mass is 10.2. The Morgan fingerprint density at radius 3 is 2.56 bits per heavy atom. The average molecular weight is 241 g/mol. The van der Waals surface area contributed by atoms with Crippen molar-refractivity contribution in [1.29, 1.82) is 0 Å². The van der Waals surface area contributed by atoms with Gasteiger partial charge >= 0.3 is 0 Å². The van der Waals surface area contributed by atoms with Gasteiger partial charge in [-0.05, 0) is 35.9 Å². The number of hydrogen-bond acceptors (Lipinski definition) is 1. The van der Waals surface area contributed by atoms with Crippen LogP contribution in [0, 0.1) is 5.82 Å². The standard InChI is InChI=1S/C15H12FNO/c16-14-2-1-3-15-13(14)8-9-17(15)10-11-4-6-12(18)7-5-11/h1-9,18H,10H2. The number of aromatic hydroxyl groups is 1. The third-order valence-corrected chi connectivity index (χ3v) is 3.05. The summed E-state index contributed by atoms with van der Waals surface area (Å²) in [5.41, 5.74) is 1.94. The van der Waals surface area contributed by atoms with E-state index in [4.69, 9.17) is 0 Å². The highest BCUT2D eigenvalue weighted by molar-refractivity contribution is 5.80. The van der Waals surface area contributed by atoms with Crippen molar-refractivity contribution in [3.63, 3.8) is 0 Å². The SMILES string of the molecule is Oc1ccc(Cn2ccc3c(F)cccc32)cc1. The molecule has 1 N–H and O–H groups in total. The average Bonchev–Trinajstić information content (AvgIpc) is 2.77. The number of rotatable bonds is 2. The normalized spacial score (nSPS) is 10.9. The first-order valence-electron chi connectivity index (χ1n) is 5.75. The molecular formula is C15H12FNO. The lowest BCUT2D eigenvalue weighted by molar-refractivity contribution is 0.475. The predicted molar refractivity (Wildman–Crippen MR) is 69.1 cm³/mol. The molecule has 3 aromatic rings. The van der Waals surface area contributed by atoms with Gasteiger partial charge in [-0.3, -0.25) is 0 Å². The minimum atomic E-state index is -0.197. The Bertz CT molecular complexity index is 685. The second kappa shape index (κ2) is 4.18. The third kappa shape index (κ3) is 1.84. The number of fused-ring (bicyclic) bond motifs is 1. The smallest absolute Gasteiger partial charge is 0.132 e. The minimum Gasteiger partial charge on any atom is -0.508 e. The van der Waals surface area contributed by atoms with Gasteiger partial charge in [0.25, 0.3) is 0 Å². The fourth-order valence-electron chi connectivity index (χ4n) is 2.12. The number of hydrogen-bond donors (Lipinski definition) is 1. The molecule has 3 heteroatoms. The first kappa shape index (κ1) is 10.8. The molecule has 0 aliphatic rings. The van der Waals surface area contributed by atoms with Crippen LogP contribution in [0.25, 0.3) is 10.9 Å². The summed E-state index contributed by atoms with van der Waals surface area (Å²) in [6.07, 6.45) is 1.88. The molecule has 0 saturated carbocycles. The fraction of sp³-hybridized carbons (Fsp3) is 0.0667. The first-order chi connectivity index (χ1) is 8.74. The highest BCUT2D eigenvalue weighted by Gasteiger charge is 2.05. The van der Waals surface area contributed by atoms with Crippen LogP contribution in [0.4, 0.5) is 4.39 Å². The van der Waals surface area contributed by atoms with Gasteiger partial charge in [0.15, 0.2) is 0 Å². The topological polar surface area (TPSA) is 25.2 Å². The number of phenols is 1. The molecule has 1 aromatic heterocycles. The van der Waals surface area contributed by atoms with Crippen LogP contribution in [0.15, 0.2) is 54.7 Å². The molecule has 0 amide bonds. The van der Waals surface area contributed by atoms with Crippen LogP contribution in [0.3, 0.4) is 0 Å². The Kier molecular flexibility index (Phi) is 2.52. The van der Waals surface area contributed by atoms with E-state index in [2.05, 4.69) is 0 Å². The second-order valence-corrected chi connectivity index (χ2v) is 4.28. The molecule has 2 aromatic carbocycles. The summed E-state index contributed by atoms with van der Waals surface area (Å²) in [4.78, 5) is 0. The maximum atomic E-state index is 13.5. The molecule has 3 rings (SSSR count). The number of phenolic OH excluding ortho intramolecular Hbond substituents is 1. The highest BCUT2D eigenvalue weighted by atomic mass is 19.1. The van der Waals surface area contributed by atoms with Crippen LogP contribution in [0.5, 0.6) is 5.75 Å². The monoisotopic (exact) mass is 241 g/mol. The predicted octanol–water partition coefficient (Wildman–Crippen LogP) is 3.53. The van der Waals surface area contributed by atoms with Crippen molar-refractivity contribution in [3.8, 4) is 5.75 Å². The first-order valence-corrected chi connectivity index (χ1v) is 5.75. The summed E-state index contributed by atoms with van der Waals surface area (Å²) >= 11 is 0. The van der Waals surface area contributed by atoms with Crippen LogP contribution in [-0.4, -0.2) is 9.67 Å². The van der Waals surface area contributed by atoms with Crippen molar-refractivity contribution >= 4 is 10.9 Å². The van der Waals surface area contributed by atoms with E-state index in [1.165, 1.54) is 6.07 Å². The van der Waals surface area contributed by atoms with E-state index in [0.29, 0.717) is 11.9 Å². The zero-order valence-electron chi connectivity index (χ0n) is 9.68. The Balaban J connectivity index is 2.00. The Morgan fingerprint density at radius 2 is 1.78 bits per heavy atom. The summed E-state index contributed by atoms with van der Waals surface area (Å²) in [7, 11) is 0. The number of benzene rings is 2. The zero-order valence-corrected chi connectivity index (χ0v) is 9.68. The van der Waals surface area contributed by atoms with Crippen LogP contribution in [0.2, 0.25) is 0 Å². The van der Waals surface area contributed by atoms with E-state index in [0.717, 1.165) is 11.1 Å². The molecule has 1 heterocycles. The largest absolute Gasteiger partial charge is 0.508 e. The maximum Gasteiger partial charge on any atom is 0.132 e. The van der Waals surface area contributed by atoms with E-state index in [1.807, 2.05) is 29.0 Å². The molecular weight excluding hydrogens is 229 g/mol. The lowest BCUT2D eigenvalue weighted by Crippen LogP contribution is -1.97. The molecule has 2 nitrogen and oxygen atoms in total. The van der Waals surface area contributed by atoms with Gasteiger partial charge in [-0.2, -0.15) is 0 Å². The van der Waals surface area contributed by atoms with Crippen molar-refractivity contribution in [3.05, 3.63) is 66.1 Å². The van der Waals surface area contributed by atoms with Crippen molar-refractivity contribution in [2.75, 3.05) is 0 Å². The number of nitrogens with zero attached hydrogens (tertiary/aromatic N) is 1. The van der Waals surface area contributed by atoms with Gasteiger partial charge in [0, 0.05) is 18.1 Å². The third-order valence-electron chi connectivity index (χ3n) is 3.05. The molecule has 0 unspecified atom stereocenters. The van der Waals surface area contributed by atoms with E-state index < -0.39 is 0 Å². The summed E-state index contributed by atoms with van der Waals surface area (Å²) in [6.45, 7) is 0.660. The molecule has 0 aliphatic carbocycles. The van der Waals surface area contributed by atoms with E-state index in [1.54, 1.807) is 24.3 Å². The van der Waals surface area contributed by atoms with Crippen LogP contribution >= 0.6 is 0 Å². The summed E-state index contributed by atoms with van der Waals surface area (Å²) in [5, 5.41) is 9.87. The van der Waals surface area contributed by atoms with Gasteiger partial charge in [-0.25, -0.2) is 4.39 Å². The van der Waals surface area contributed by atoms with Gasteiger partial charge in [0.1, 0.15) is 11.6 Å². The second-order valence-electron chi connectivity index (χ2n) is 4.28. The molecule has 0 atom stereocenters. The van der Waals surface area contributed by atoms with Crippen LogP contribution in [0.1, 0.15) is 5.56 Å². The van der Waals surface area contributed by atoms with E-state index >= 15 is 0 Å². The molecule has 0 radical (unpaired) electrons. The quantitative estimate of drug-likeness (QED) is 0.729. The fourth-order valence-corrected chi connectivity index (χ4v) is 2.12. The number of halogens is 1. The van der Waals surface area contributed by atoms with Gasteiger partial charge in [0.2, 0.25) is 0 Å². The summed E-state index contributed by atoms with van der Waals surface area (Å²) in [5.74, 6) is 0.0547. The van der Waals surface area contributed by atoms with Crippen molar-refractivity contribution < 1.29 is 9.50 Å². The van der Waals surface area contributed by atoms with Crippen molar-refractivity contribution in [2.24, 2.45) is 0 Å². The molecule has 18 heavy (non-hydrogen) atoms. The molecule has 0 spiro atoms. The Morgan fingerprint density at radius 1 is 1.00 bits per heavy atom. The molecule has 0 bridgehead atoms. The molecule has 0 saturated heterocycles. The van der Waals surface area contributed by atoms with Crippen LogP contribution in [-0.2, 0) is 6.54 Å². The van der Waals surface area contributed by atoms with Gasteiger partial charge in [-0.1, -0.05) is 18.2 Å². The summed E-state index contributed by atoms with van der Waals surface area (Å²) < 4.78 is 15.5. The number of aromatic nitrogens is 1.